The second-order valence-electron chi connectivity index (χ2n) is 4.11. The Morgan fingerprint density at radius 3 is 2.89 bits per heavy atom. The number of ether oxygens (including phenoxy) is 1. The number of carboxylic acid groups (broad SMARTS) is 1. The molecule has 0 saturated carbocycles. The summed E-state index contributed by atoms with van der Waals surface area (Å²) < 4.78 is 6.52. The molecule has 0 fully saturated rings. The monoisotopic (exact) mass is 250 g/mol. The molecule has 0 spiro atoms. The molecular weight excluding hydrogens is 236 g/mol. The van der Waals surface area contributed by atoms with Crippen molar-refractivity contribution < 1.29 is 14.6 Å². The third-order valence-electron chi connectivity index (χ3n) is 2.83. The Bertz CT molecular complexity index is 641. The molecule has 6 nitrogen and oxygen atoms in total. The van der Waals surface area contributed by atoms with Crippen molar-refractivity contribution in [2.45, 2.75) is 13.0 Å². The van der Waals surface area contributed by atoms with Crippen LogP contribution in [0.4, 0.5) is 0 Å². The van der Waals surface area contributed by atoms with Gasteiger partial charge in [-0.1, -0.05) is 6.07 Å². The molecule has 0 bridgehead atoms. The predicted molar refractivity (Wildman–Crippen MR) is 66.1 cm³/mol. The molecule has 0 radical (unpaired) electrons. The molecule has 0 amide bonds. The van der Waals surface area contributed by atoms with Crippen molar-refractivity contribution in [3.63, 3.8) is 0 Å². The van der Waals surface area contributed by atoms with Gasteiger partial charge in [0.15, 0.2) is 0 Å². The highest BCUT2D eigenvalue weighted by molar-refractivity contribution is 6.00. The lowest BCUT2D eigenvalue weighted by atomic mass is 10.2. The Hall–Kier alpha value is -2.08. The minimum absolute atomic E-state index is 0.0907. The number of aromatic nitrogens is 2. The van der Waals surface area contributed by atoms with E-state index in [2.05, 4.69) is 4.98 Å². The average Bonchev–Trinajstić information content (AvgIpc) is 2.64. The van der Waals surface area contributed by atoms with Gasteiger partial charge in [0.2, 0.25) is 0 Å². The van der Waals surface area contributed by atoms with Crippen LogP contribution in [-0.4, -0.2) is 34.3 Å². The molecule has 1 atom stereocenters. The van der Waals surface area contributed by atoms with E-state index >= 15 is 0 Å². The van der Waals surface area contributed by atoms with Gasteiger partial charge < -0.3 is 14.8 Å². The van der Waals surface area contributed by atoms with Gasteiger partial charge in [-0.2, -0.15) is 0 Å². The van der Waals surface area contributed by atoms with Crippen molar-refractivity contribution >= 4 is 17.0 Å². The van der Waals surface area contributed by atoms with Crippen molar-refractivity contribution in [3.05, 3.63) is 34.2 Å². The van der Waals surface area contributed by atoms with E-state index in [0.717, 1.165) is 0 Å². The molecule has 0 aliphatic rings. The third kappa shape index (κ3) is 1.91. The van der Waals surface area contributed by atoms with Crippen LogP contribution in [0.15, 0.2) is 23.0 Å². The first-order valence-electron chi connectivity index (χ1n) is 5.51. The van der Waals surface area contributed by atoms with Crippen LogP contribution in [0, 0.1) is 0 Å². The molecule has 2 rings (SSSR count). The van der Waals surface area contributed by atoms with E-state index in [4.69, 9.17) is 9.84 Å². The van der Waals surface area contributed by atoms with Crippen LogP contribution in [0.5, 0.6) is 0 Å². The zero-order chi connectivity index (χ0) is 13.3. The maximum atomic E-state index is 11.9. The van der Waals surface area contributed by atoms with Gasteiger partial charge in [0.05, 0.1) is 29.2 Å². The van der Waals surface area contributed by atoms with Gasteiger partial charge in [-0.25, -0.2) is 9.59 Å². The number of hydrogen-bond donors (Lipinski definition) is 2. The predicted octanol–water partition coefficient (Wildman–Crippen LogP) is 1.24. The highest BCUT2D eigenvalue weighted by Crippen LogP contribution is 2.18. The Morgan fingerprint density at radius 1 is 1.56 bits per heavy atom. The van der Waals surface area contributed by atoms with Crippen molar-refractivity contribution in [3.8, 4) is 0 Å². The topological polar surface area (TPSA) is 84.3 Å². The van der Waals surface area contributed by atoms with E-state index in [1.165, 1.54) is 10.6 Å². The standard InChI is InChI=1S/C12H14N2O4/c1-7(6-18-2)14-9-5-3-4-8(11(15)16)10(9)13-12(14)17/h3-5,7H,6H2,1-2H3,(H,13,17)(H,15,16). The first-order chi connectivity index (χ1) is 8.56. The lowest BCUT2D eigenvalue weighted by molar-refractivity contribution is 0.0699. The van der Waals surface area contributed by atoms with E-state index in [9.17, 15) is 9.59 Å². The average molecular weight is 250 g/mol. The van der Waals surface area contributed by atoms with Crippen molar-refractivity contribution in [2.75, 3.05) is 13.7 Å². The van der Waals surface area contributed by atoms with Gasteiger partial charge in [-0.3, -0.25) is 4.57 Å². The molecule has 18 heavy (non-hydrogen) atoms. The number of para-hydroxylation sites is 1. The van der Waals surface area contributed by atoms with Crippen LogP contribution in [0.25, 0.3) is 11.0 Å². The zero-order valence-corrected chi connectivity index (χ0v) is 10.1. The zero-order valence-electron chi connectivity index (χ0n) is 10.1. The van der Waals surface area contributed by atoms with Gasteiger partial charge in [-0.15, -0.1) is 0 Å². The first kappa shape index (κ1) is 12.4. The summed E-state index contributed by atoms with van der Waals surface area (Å²) in [5, 5.41) is 9.07. The summed E-state index contributed by atoms with van der Waals surface area (Å²) >= 11 is 0. The molecule has 96 valence electrons. The lowest BCUT2D eigenvalue weighted by Crippen LogP contribution is -2.23. The number of aromatic amines is 1. The summed E-state index contributed by atoms with van der Waals surface area (Å²) in [6.45, 7) is 2.22. The summed E-state index contributed by atoms with van der Waals surface area (Å²) in [6, 6.07) is 4.63. The quantitative estimate of drug-likeness (QED) is 0.854. The van der Waals surface area contributed by atoms with E-state index < -0.39 is 5.97 Å². The fourth-order valence-electron chi connectivity index (χ4n) is 2.08. The Kier molecular flexibility index (Phi) is 3.20. The minimum atomic E-state index is -1.06. The molecule has 6 heteroatoms. The van der Waals surface area contributed by atoms with Gasteiger partial charge in [0.25, 0.3) is 0 Å². The molecular formula is C12H14N2O4. The summed E-state index contributed by atoms with van der Waals surface area (Å²) in [5.41, 5.74) is 0.679. The molecule has 0 saturated heterocycles. The fraction of sp³-hybridized carbons (Fsp3) is 0.333. The van der Waals surface area contributed by atoms with Gasteiger partial charge in [0.1, 0.15) is 0 Å². The lowest BCUT2D eigenvalue weighted by Gasteiger charge is -2.12. The maximum Gasteiger partial charge on any atom is 0.337 e. The number of benzene rings is 1. The summed E-state index contributed by atoms with van der Waals surface area (Å²) in [7, 11) is 1.55. The number of hydrogen-bond acceptors (Lipinski definition) is 3. The second-order valence-corrected chi connectivity index (χ2v) is 4.11. The number of H-pyrrole nitrogens is 1. The highest BCUT2D eigenvalue weighted by Gasteiger charge is 2.17. The molecule has 2 N–H and O–H groups in total. The molecule has 2 aromatic rings. The van der Waals surface area contributed by atoms with Crippen LogP contribution < -0.4 is 5.69 Å². The number of methoxy groups -OCH3 is 1. The Morgan fingerprint density at radius 2 is 2.28 bits per heavy atom. The fourth-order valence-corrected chi connectivity index (χ4v) is 2.08. The third-order valence-corrected chi connectivity index (χ3v) is 2.83. The number of nitrogens with one attached hydrogen (secondary N) is 1. The SMILES string of the molecule is COCC(C)n1c(=O)[nH]c2c(C(=O)O)cccc21. The van der Waals surface area contributed by atoms with Crippen LogP contribution in [0.2, 0.25) is 0 Å². The number of nitrogens with zero attached hydrogens (tertiary/aromatic N) is 1. The normalized spacial score (nSPS) is 12.8. The van der Waals surface area contributed by atoms with Crippen LogP contribution in [-0.2, 0) is 4.74 Å². The van der Waals surface area contributed by atoms with Gasteiger partial charge in [-0.05, 0) is 19.1 Å². The van der Waals surface area contributed by atoms with E-state index in [-0.39, 0.29) is 17.3 Å². The highest BCUT2D eigenvalue weighted by atomic mass is 16.5. The Labute approximate surface area is 103 Å². The minimum Gasteiger partial charge on any atom is -0.478 e. The number of carbonyl (C=O) groups is 1. The summed E-state index contributed by atoms with van der Waals surface area (Å²) in [6.07, 6.45) is 0. The van der Waals surface area contributed by atoms with Gasteiger partial charge in [0, 0.05) is 7.11 Å². The number of rotatable bonds is 4. The number of imidazole rings is 1. The smallest absolute Gasteiger partial charge is 0.337 e. The number of fused-ring (bicyclic) bond motifs is 1. The first-order valence-corrected chi connectivity index (χ1v) is 5.51. The number of aromatic carboxylic acids is 1. The molecule has 1 unspecified atom stereocenters. The van der Waals surface area contributed by atoms with Crippen molar-refractivity contribution in [1.29, 1.82) is 0 Å². The Balaban J connectivity index is 2.69. The van der Waals surface area contributed by atoms with Gasteiger partial charge >= 0.3 is 11.7 Å². The van der Waals surface area contributed by atoms with E-state index in [0.29, 0.717) is 17.6 Å². The van der Waals surface area contributed by atoms with Crippen LogP contribution >= 0.6 is 0 Å². The second kappa shape index (κ2) is 4.66. The number of carboxylic acids is 1. The summed E-state index contributed by atoms with van der Waals surface area (Å²) in [5.74, 6) is -1.06. The van der Waals surface area contributed by atoms with Crippen molar-refractivity contribution in [1.82, 2.24) is 9.55 Å². The molecule has 1 aromatic heterocycles. The molecule has 0 aliphatic heterocycles. The van der Waals surface area contributed by atoms with E-state index in [1.54, 1.807) is 19.2 Å². The molecule has 1 heterocycles. The van der Waals surface area contributed by atoms with Crippen molar-refractivity contribution in [2.24, 2.45) is 0 Å². The van der Waals surface area contributed by atoms with Crippen LogP contribution in [0.3, 0.4) is 0 Å². The summed E-state index contributed by atoms with van der Waals surface area (Å²) in [4.78, 5) is 25.6. The van der Waals surface area contributed by atoms with Crippen LogP contribution in [0.1, 0.15) is 23.3 Å². The molecule has 1 aromatic carbocycles. The maximum absolute atomic E-state index is 11.9. The molecule has 0 aliphatic carbocycles. The largest absolute Gasteiger partial charge is 0.478 e. The van der Waals surface area contributed by atoms with E-state index in [1.807, 2.05) is 6.92 Å².